The molecule has 1 aromatic rings. The Balaban J connectivity index is 2.40. The van der Waals surface area contributed by atoms with Crippen LogP contribution in [-0.4, -0.2) is 39.4 Å². The summed E-state index contributed by atoms with van der Waals surface area (Å²) in [6, 6.07) is 0. The molecule has 7 heteroatoms. The number of rotatable bonds is 9. The Labute approximate surface area is 120 Å². The SMILES string of the molecule is CCNCCCN(C)S(=O)(=O)NCc1cscc1C. The second-order valence-electron chi connectivity index (χ2n) is 4.43. The average Bonchev–Trinajstić information content (AvgIpc) is 2.77. The third-order valence-electron chi connectivity index (χ3n) is 2.89. The van der Waals surface area contributed by atoms with Crippen LogP contribution in [0.3, 0.4) is 0 Å². The molecule has 0 unspecified atom stereocenters. The maximum absolute atomic E-state index is 12.0. The first-order valence-corrected chi connectivity index (χ1v) is 8.79. The standard InChI is InChI=1S/C12H23N3O2S2/c1-4-13-6-5-7-15(3)19(16,17)14-8-12-10-18-9-11(12)2/h9-10,13-14H,4-8H2,1-3H3. The van der Waals surface area contributed by atoms with Crippen molar-refractivity contribution in [3.63, 3.8) is 0 Å². The number of nitrogens with zero attached hydrogens (tertiary/aromatic N) is 1. The maximum atomic E-state index is 12.0. The third-order valence-corrected chi connectivity index (χ3v) is 5.32. The van der Waals surface area contributed by atoms with Gasteiger partial charge in [-0.05, 0) is 48.3 Å². The summed E-state index contributed by atoms with van der Waals surface area (Å²) in [6.45, 7) is 6.64. The summed E-state index contributed by atoms with van der Waals surface area (Å²) in [7, 11) is -1.77. The van der Waals surface area contributed by atoms with Crippen LogP contribution in [0.1, 0.15) is 24.5 Å². The molecule has 2 N–H and O–H groups in total. The van der Waals surface area contributed by atoms with Crippen molar-refractivity contribution in [1.82, 2.24) is 14.3 Å². The Bertz CT molecular complexity index is 471. The van der Waals surface area contributed by atoms with Gasteiger partial charge in [0.1, 0.15) is 0 Å². The lowest BCUT2D eigenvalue weighted by atomic mass is 10.2. The summed E-state index contributed by atoms with van der Waals surface area (Å²) in [5.41, 5.74) is 2.16. The second-order valence-corrected chi connectivity index (χ2v) is 7.04. The van der Waals surface area contributed by atoms with Crippen molar-refractivity contribution >= 4 is 21.5 Å². The minimum atomic E-state index is -3.38. The summed E-state index contributed by atoms with van der Waals surface area (Å²) in [4.78, 5) is 0. The maximum Gasteiger partial charge on any atom is 0.279 e. The van der Waals surface area contributed by atoms with E-state index in [-0.39, 0.29) is 0 Å². The van der Waals surface area contributed by atoms with Gasteiger partial charge in [0.15, 0.2) is 0 Å². The van der Waals surface area contributed by atoms with Gasteiger partial charge in [0.05, 0.1) is 0 Å². The Kier molecular flexibility index (Phi) is 6.95. The van der Waals surface area contributed by atoms with Crippen LogP contribution in [0.4, 0.5) is 0 Å². The molecule has 5 nitrogen and oxygen atoms in total. The average molecular weight is 305 g/mol. The quantitative estimate of drug-likeness (QED) is 0.677. The van der Waals surface area contributed by atoms with Gasteiger partial charge in [-0.2, -0.15) is 28.8 Å². The number of hydrogen-bond donors (Lipinski definition) is 2. The van der Waals surface area contributed by atoms with Crippen LogP contribution in [0.2, 0.25) is 0 Å². The first-order valence-electron chi connectivity index (χ1n) is 6.40. The van der Waals surface area contributed by atoms with Crippen molar-refractivity contribution in [2.75, 3.05) is 26.7 Å². The van der Waals surface area contributed by atoms with Crippen LogP contribution in [0.5, 0.6) is 0 Å². The van der Waals surface area contributed by atoms with Crippen molar-refractivity contribution in [1.29, 1.82) is 0 Å². The van der Waals surface area contributed by atoms with Crippen LogP contribution in [0.25, 0.3) is 0 Å². The minimum absolute atomic E-state index is 0.356. The topological polar surface area (TPSA) is 61.4 Å². The summed E-state index contributed by atoms with van der Waals surface area (Å²) >= 11 is 1.59. The first-order chi connectivity index (χ1) is 8.97. The van der Waals surface area contributed by atoms with E-state index in [1.165, 1.54) is 4.31 Å². The van der Waals surface area contributed by atoms with E-state index >= 15 is 0 Å². The molecule has 0 spiro atoms. The zero-order chi connectivity index (χ0) is 14.3. The van der Waals surface area contributed by atoms with Gasteiger partial charge >= 0.3 is 0 Å². The normalized spacial score (nSPS) is 12.2. The van der Waals surface area contributed by atoms with Crippen molar-refractivity contribution < 1.29 is 8.42 Å². The lowest BCUT2D eigenvalue weighted by molar-refractivity contribution is 0.445. The third kappa shape index (κ3) is 5.58. The number of hydrogen-bond acceptors (Lipinski definition) is 4. The molecule has 0 aromatic carbocycles. The number of aryl methyl sites for hydroxylation is 1. The highest BCUT2D eigenvalue weighted by Crippen LogP contribution is 2.13. The van der Waals surface area contributed by atoms with Crippen molar-refractivity contribution in [2.45, 2.75) is 26.8 Å². The van der Waals surface area contributed by atoms with Crippen molar-refractivity contribution in [2.24, 2.45) is 0 Å². The molecule has 0 aliphatic rings. The van der Waals surface area contributed by atoms with Gasteiger partial charge in [-0.1, -0.05) is 6.92 Å². The van der Waals surface area contributed by atoms with Crippen LogP contribution in [0, 0.1) is 6.92 Å². The lowest BCUT2D eigenvalue weighted by Gasteiger charge is -2.17. The zero-order valence-electron chi connectivity index (χ0n) is 11.8. The smallest absolute Gasteiger partial charge is 0.279 e. The predicted octanol–water partition coefficient (Wildman–Crippen LogP) is 1.32. The minimum Gasteiger partial charge on any atom is -0.317 e. The summed E-state index contributed by atoms with van der Waals surface area (Å²) in [5, 5.41) is 7.17. The Morgan fingerprint density at radius 3 is 2.68 bits per heavy atom. The van der Waals surface area contributed by atoms with Crippen molar-refractivity contribution in [3.8, 4) is 0 Å². The predicted molar refractivity (Wildman–Crippen MR) is 80.6 cm³/mol. The van der Waals surface area contributed by atoms with E-state index < -0.39 is 10.2 Å². The van der Waals surface area contributed by atoms with Gasteiger partial charge in [-0.15, -0.1) is 0 Å². The van der Waals surface area contributed by atoms with Crippen LogP contribution >= 0.6 is 11.3 Å². The zero-order valence-corrected chi connectivity index (χ0v) is 13.4. The molecular weight excluding hydrogens is 282 g/mol. The molecule has 0 radical (unpaired) electrons. The molecule has 110 valence electrons. The van der Waals surface area contributed by atoms with Gasteiger partial charge in [-0.25, -0.2) is 0 Å². The van der Waals surface area contributed by atoms with E-state index in [2.05, 4.69) is 10.0 Å². The Morgan fingerprint density at radius 1 is 1.37 bits per heavy atom. The largest absolute Gasteiger partial charge is 0.317 e. The Hall–Kier alpha value is -0.470. The molecule has 0 amide bonds. The molecule has 1 rings (SSSR count). The Morgan fingerprint density at radius 2 is 2.11 bits per heavy atom. The number of nitrogens with one attached hydrogen (secondary N) is 2. The summed E-state index contributed by atoms with van der Waals surface area (Å²) in [5.74, 6) is 0. The first kappa shape index (κ1) is 16.6. The molecule has 0 aliphatic carbocycles. The number of thiophene rings is 1. The fourth-order valence-corrected chi connectivity index (χ4v) is 3.36. The monoisotopic (exact) mass is 305 g/mol. The highest BCUT2D eigenvalue weighted by molar-refractivity contribution is 7.87. The van der Waals surface area contributed by atoms with Gasteiger partial charge < -0.3 is 5.32 Å². The fourth-order valence-electron chi connectivity index (χ4n) is 1.57. The second kappa shape index (κ2) is 7.96. The lowest BCUT2D eigenvalue weighted by Crippen LogP contribution is -2.39. The van der Waals surface area contributed by atoms with E-state index in [1.54, 1.807) is 18.4 Å². The van der Waals surface area contributed by atoms with Crippen molar-refractivity contribution in [3.05, 3.63) is 21.9 Å². The van der Waals surface area contributed by atoms with Crippen LogP contribution in [0.15, 0.2) is 10.8 Å². The van der Waals surface area contributed by atoms with E-state index in [9.17, 15) is 8.42 Å². The van der Waals surface area contributed by atoms with Gasteiger partial charge in [0.25, 0.3) is 10.2 Å². The molecular formula is C12H23N3O2S2. The molecule has 0 aliphatic heterocycles. The van der Waals surface area contributed by atoms with E-state index in [0.29, 0.717) is 13.1 Å². The highest BCUT2D eigenvalue weighted by Gasteiger charge is 2.16. The van der Waals surface area contributed by atoms with Gasteiger partial charge in [0.2, 0.25) is 0 Å². The summed E-state index contributed by atoms with van der Waals surface area (Å²) in [6.07, 6.45) is 0.808. The van der Waals surface area contributed by atoms with E-state index in [1.807, 2.05) is 24.6 Å². The van der Waals surface area contributed by atoms with E-state index in [0.717, 1.165) is 30.6 Å². The van der Waals surface area contributed by atoms with Crippen LogP contribution in [-0.2, 0) is 16.8 Å². The molecule has 0 fully saturated rings. The van der Waals surface area contributed by atoms with E-state index in [4.69, 9.17) is 0 Å². The van der Waals surface area contributed by atoms with Gasteiger partial charge in [0, 0.05) is 20.1 Å². The fraction of sp³-hybridized carbons (Fsp3) is 0.667. The molecule has 0 bridgehead atoms. The highest BCUT2D eigenvalue weighted by atomic mass is 32.2. The van der Waals surface area contributed by atoms with Crippen LogP contribution < -0.4 is 10.0 Å². The summed E-state index contributed by atoms with van der Waals surface area (Å²) < 4.78 is 28.0. The molecule has 0 saturated carbocycles. The molecule has 0 saturated heterocycles. The molecule has 0 atom stereocenters. The molecule has 19 heavy (non-hydrogen) atoms. The van der Waals surface area contributed by atoms with Gasteiger partial charge in [-0.3, -0.25) is 0 Å². The molecule has 1 aromatic heterocycles. The molecule has 1 heterocycles.